The number of H-pyrrole nitrogens is 1. The molecule has 0 fully saturated rings. The van der Waals surface area contributed by atoms with E-state index in [1.54, 1.807) is 0 Å². The Labute approximate surface area is 110 Å². The van der Waals surface area contributed by atoms with E-state index in [0.717, 1.165) is 0 Å². The van der Waals surface area contributed by atoms with E-state index in [1.807, 2.05) is 13.8 Å². The van der Waals surface area contributed by atoms with Gasteiger partial charge < -0.3 is 10.1 Å². The number of nitrogens with zero attached hydrogens (tertiary/aromatic N) is 1. The SMILES string of the molecule is COC(=O)[C@@H](CC(C)C)NC(=O)c1ccc(=O)[nH]n1. The van der Waals surface area contributed by atoms with E-state index in [0.29, 0.717) is 6.42 Å². The van der Waals surface area contributed by atoms with Crippen LogP contribution in [-0.4, -0.2) is 35.2 Å². The largest absolute Gasteiger partial charge is 0.467 e. The van der Waals surface area contributed by atoms with Crippen LogP contribution in [0.2, 0.25) is 0 Å². The third kappa shape index (κ3) is 4.53. The third-order valence-corrected chi connectivity index (χ3v) is 2.41. The van der Waals surface area contributed by atoms with Crippen molar-refractivity contribution < 1.29 is 14.3 Å². The number of esters is 1. The molecule has 19 heavy (non-hydrogen) atoms. The number of amides is 1. The molecule has 0 bridgehead atoms. The lowest BCUT2D eigenvalue weighted by atomic mass is 10.0. The normalized spacial score (nSPS) is 12.0. The highest BCUT2D eigenvalue weighted by Crippen LogP contribution is 2.07. The molecule has 0 unspecified atom stereocenters. The number of carbonyl (C=O) groups is 2. The first-order valence-electron chi connectivity index (χ1n) is 5.88. The second-order valence-corrected chi connectivity index (χ2v) is 4.49. The van der Waals surface area contributed by atoms with Crippen molar-refractivity contribution >= 4 is 11.9 Å². The molecule has 0 aromatic carbocycles. The van der Waals surface area contributed by atoms with E-state index >= 15 is 0 Å². The average molecular weight is 267 g/mol. The number of methoxy groups -OCH3 is 1. The number of rotatable bonds is 5. The summed E-state index contributed by atoms with van der Waals surface area (Å²) in [6.45, 7) is 3.86. The van der Waals surface area contributed by atoms with Crippen LogP contribution in [0.15, 0.2) is 16.9 Å². The Morgan fingerprint density at radius 2 is 2.11 bits per heavy atom. The van der Waals surface area contributed by atoms with E-state index in [4.69, 9.17) is 0 Å². The van der Waals surface area contributed by atoms with Crippen molar-refractivity contribution in [3.05, 3.63) is 28.2 Å². The topological polar surface area (TPSA) is 101 Å². The number of aromatic amines is 1. The summed E-state index contributed by atoms with van der Waals surface area (Å²) in [6, 6.07) is 1.75. The maximum Gasteiger partial charge on any atom is 0.328 e. The number of hydrogen-bond acceptors (Lipinski definition) is 5. The van der Waals surface area contributed by atoms with Gasteiger partial charge in [0.2, 0.25) is 0 Å². The van der Waals surface area contributed by atoms with Crippen LogP contribution in [0.4, 0.5) is 0 Å². The summed E-state index contributed by atoms with van der Waals surface area (Å²) in [7, 11) is 1.26. The summed E-state index contributed by atoms with van der Waals surface area (Å²) in [5.74, 6) is -0.827. The number of ether oxygens (including phenoxy) is 1. The summed E-state index contributed by atoms with van der Waals surface area (Å²) in [4.78, 5) is 34.3. The van der Waals surface area contributed by atoms with Gasteiger partial charge in [0, 0.05) is 6.07 Å². The standard InChI is InChI=1S/C12H17N3O4/c1-7(2)6-9(12(18)19-3)13-11(17)8-4-5-10(16)15-14-8/h4-5,7,9H,6H2,1-3H3,(H,13,17)(H,15,16)/t9-/m1/s1. The fourth-order valence-corrected chi connectivity index (χ4v) is 1.53. The molecule has 0 aliphatic rings. The number of carbonyl (C=O) groups excluding carboxylic acids is 2. The monoisotopic (exact) mass is 267 g/mol. The molecular weight excluding hydrogens is 250 g/mol. The van der Waals surface area contributed by atoms with Gasteiger partial charge in [0.1, 0.15) is 11.7 Å². The van der Waals surface area contributed by atoms with Gasteiger partial charge in [0.25, 0.3) is 11.5 Å². The van der Waals surface area contributed by atoms with Crippen molar-refractivity contribution in [3.8, 4) is 0 Å². The zero-order valence-corrected chi connectivity index (χ0v) is 11.1. The summed E-state index contributed by atoms with van der Waals surface area (Å²) in [5.41, 5.74) is -0.361. The lowest BCUT2D eigenvalue weighted by molar-refractivity contribution is -0.143. The van der Waals surface area contributed by atoms with Gasteiger partial charge in [-0.3, -0.25) is 9.59 Å². The maximum atomic E-state index is 11.9. The molecule has 1 atom stereocenters. The van der Waals surface area contributed by atoms with Crippen molar-refractivity contribution in [1.82, 2.24) is 15.5 Å². The Hall–Kier alpha value is -2.18. The quantitative estimate of drug-likeness (QED) is 0.736. The first-order chi connectivity index (χ1) is 8.93. The second kappa shape index (κ2) is 6.67. The van der Waals surface area contributed by atoms with Gasteiger partial charge in [-0.2, -0.15) is 5.10 Å². The minimum Gasteiger partial charge on any atom is -0.467 e. The highest BCUT2D eigenvalue weighted by Gasteiger charge is 2.23. The van der Waals surface area contributed by atoms with Crippen LogP contribution < -0.4 is 10.9 Å². The lowest BCUT2D eigenvalue weighted by Gasteiger charge is -2.17. The van der Waals surface area contributed by atoms with Crippen LogP contribution in [-0.2, 0) is 9.53 Å². The van der Waals surface area contributed by atoms with E-state index in [-0.39, 0.29) is 11.6 Å². The Morgan fingerprint density at radius 1 is 1.42 bits per heavy atom. The van der Waals surface area contributed by atoms with Crippen LogP contribution in [0.3, 0.4) is 0 Å². The smallest absolute Gasteiger partial charge is 0.328 e. The minimum absolute atomic E-state index is 0.0391. The van der Waals surface area contributed by atoms with Crippen molar-refractivity contribution in [3.63, 3.8) is 0 Å². The number of aromatic nitrogens is 2. The summed E-state index contributed by atoms with van der Waals surface area (Å²) >= 11 is 0. The van der Waals surface area contributed by atoms with E-state index < -0.39 is 23.5 Å². The van der Waals surface area contributed by atoms with Crippen LogP contribution in [0, 0.1) is 5.92 Å². The van der Waals surface area contributed by atoms with Crippen molar-refractivity contribution in [2.24, 2.45) is 5.92 Å². The Balaban J connectivity index is 2.78. The molecule has 0 saturated heterocycles. The molecule has 0 saturated carbocycles. The molecular formula is C12H17N3O4. The second-order valence-electron chi connectivity index (χ2n) is 4.49. The molecule has 1 heterocycles. The Kier molecular flexibility index (Phi) is 5.23. The first kappa shape index (κ1) is 14.9. The highest BCUT2D eigenvalue weighted by atomic mass is 16.5. The van der Waals surface area contributed by atoms with Crippen LogP contribution in [0.5, 0.6) is 0 Å². The third-order valence-electron chi connectivity index (χ3n) is 2.41. The Bertz CT molecular complexity index is 489. The molecule has 0 radical (unpaired) electrons. The molecule has 104 valence electrons. The average Bonchev–Trinajstić information content (AvgIpc) is 2.37. The minimum atomic E-state index is -0.730. The molecule has 1 aromatic heterocycles. The molecule has 1 aromatic rings. The van der Waals surface area contributed by atoms with Crippen molar-refractivity contribution in [1.29, 1.82) is 0 Å². The summed E-state index contributed by atoms with van der Waals surface area (Å²) in [6.07, 6.45) is 0.460. The van der Waals surface area contributed by atoms with E-state index in [2.05, 4.69) is 20.3 Å². The molecule has 7 nitrogen and oxygen atoms in total. The zero-order chi connectivity index (χ0) is 14.4. The predicted octanol–water partition coefficient (Wildman–Crippen LogP) is 0.0874. The summed E-state index contributed by atoms with van der Waals surface area (Å²) < 4.78 is 4.64. The van der Waals surface area contributed by atoms with Crippen LogP contribution in [0.25, 0.3) is 0 Å². The Morgan fingerprint density at radius 3 is 2.58 bits per heavy atom. The van der Waals surface area contributed by atoms with Gasteiger partial charge in [-0.05, 0) is 18.4 Å². The van der Waals surface area contributed by atoms with Crippen molar-refractivity contribution in [2.45, 2.75) is 26.3 Å². The fourth-order valence-electron chi connectivity index (χ4n) is 1.53. The fraction of sp³-hybridized carbons (Fsp3) is 0.500. The predicted molar refractivity (Wildman–Crippen MR) is 67.6 cm³/mol. The number of nitrogens with one attached hydrogen (secondary N) is 2. The van der Waals surface area contributed by atoms with E-state index in [9.17, 15) is 14.4 Å². The molecule has 0 spiro atoms. The van der Waals surface area contributed by atoms with Gasteiger partial charge in [-0.1, -0.05) is 13.8 Å². The van der Waals surface area contributed by atoms with Crippen LogP contribution >= 0.6 is 0 Å². The van der Waals surface area contributed by atoms with Gasteiger partial charge in [-0.15, -0.1) is 0 Å². The van der Waals surface area contributed by atoms with Crippen LogP contribution in [0.1, 0.15) is 30.8 Å². The number of hydrogen-bond donors (Lipinski definition) is 2. The maximum absolute atomic E-state index is 11.9. The molecule has 7 heteroatoms. The molecule has 2 N–H and O–H groups in total. The highest BCUT2D eigenvalue weighted by molar-refractivity contribution is 5.94. The van der Waals surface area contributed by atoms with E-state index in [1.165, 1.54) is 19.2 Å². The lowest BCUT2D eigenvalue weighted by Crippen LogP contribution is -2.42. The molecule has 0 aliphatic heterocycles. The van der Waals surface area contributed by atoms with Gasteiger partial charge >= 0.3 is 5.97 Å². The molecule has 0 aliphatic carbocycles. The molecule has 1 amide bonds. The first-order valence-corrected chi connectivity index (χ1v) is 5.88. The molecule has 1 rings (SSSR count). The van der Waals surface area contributed by atoms with Gasteiger partial charge in [0.05, 0.1) is 7.11 Å². The van der Waals surface area contributed by atoms with Gasteiger partial charge in [0.15, 0.2) is 0 Å². The van der Waals surface area contributed by atoms with Crippen molar-refractivity contribution in [2.75, 3.05) is 7.11 Å². The summed E-state index contributed by atoms with van der Waals surface area (Å²) in [5, 5.41) is 8.29. The zero-order valence-electron chi connectivity index (χ0n) is 11.1. The van der Waals surface area contributed by atoms with Gasteiger partial charge in [-0.25, -0.2) is 9.89 Å².